The van der Waals surface area contributed by atoms with E-state index in [2.05, 4.69) is 33.9 Å². The molecule has 1 unspecified atom stereocenters. The lowest BCUT2D eigenvalue weighted by Crippen LogP contribution is -2.47. The molecule has 0 amide bonds. The van der Waals surface area contributed by atoms with Crippen molar-refractivity contribution < 1.29 is 9.22 Å². The van der Waals surface area contributed by atoms with Gasteiger partial charge in [0.05, 0.1) is 11.5 Å². The molecule has 1 aliphatic rings. The molecule has 92 valence electrons. The van der Waals surface area contributed by atoms with Crippen LogP contribution in [-0.4, -0.2) is 20.2 Å². The zero-order chi connectivity index (χ0) is 12.8. The topological polar surface area (TPSA) is 26.3 Å². The maximum Gasteiger partial charge on any atom is 0.192 e. The lowest BCUT2D eigenvalue weighted by atomic mass is 9.87. The van der Waals surface area contributed by atoms with Crippen molar-refractivity contribution >= 4 is 14.1 Å². The van der Waals surface area contributed by atoms with E-state index in [1.54, 1.807) is 6.08 Å². The molecule has 0 aromatic heterocycles. The molecule has 16 heavy (non-hydrogen) atoms. The maximum absolute atomic E-state index is 11.7. The van der Waals surface area contributed by atoms with Gasteiger partial charge in [0.2, 0.25) is 0 Å². The van der Waals surface area contributed by atoms with E-state index in [0.29, 0.717) is 0 Å². The van der Waals surface area contributed by atoms with Crippen molar-refractivity contribution in [1.29, 1.82) is 0 Å². The molecule has 0 aliphatic heterocycles. The Bertz CT molecular complexity index is 321. The van der Waals surface area contributed by atoms with E-state index in [4.69, 9.17) is 4.43 Å². The van der Waals surface area contributed by atoms with Crippen LogP contribution in [0.4, 0.5) is 0 Å². The Labute approximate surface area is 100 Å². The largest absolute Gasteiger partial charge is 0.410 e. The van der Waals surface area contributed by atoms with Gasteiger partial charge >= 0.3 is 0 Å². The Balaban J connectivity index is 2.84. The average Bonchev–Trinajstić information content (AvgIpc) is 2.29. The number of allylic oxidation sites excluding steroid dienone is 1. The van der Waals surface area contributed by atoms with E-state index >= 15 is 0 Å². The normalized spacial score (nSPS) is 25.2. The Hall–Kier alpha value is -0.413. The molecule has 1 rings (SSSR count). The summed E-state index contributed by atoms with van der Waals surface area (Å²) in [5, 5.41) is 0.183. The quantitative estimate of drug-likeness (QED) is 0.690. The standard InChI is InChI=1S/C13H24O2Si/c1-12(2,3)16(6,7)15-11-9-8-10(14)13(11,4)5/h8-9,11H,1-7H3. The molecule has 0 bridgehead atoms. The third kappa shape index (κ3) is 2.30. The van der Waals surface area contributed by atoms with Gasteiger partial charge in [-0.15, -0.1) is 0 Å². The van der Waals surface area contributed by atoms with Gasteiger partial charge in [0.25, 0.3) is 0 Å². The number of carbonyl (C=O) groups is 1. The summed E-state index contributed by atoms with van der Waals surface area (Å²) >= 11 is 0. The highest BCUT2D eigenvalue weighted by molar-refractivity contribution is 6.74. The molecule has 1 atom stereocenters. The van der Waals surface area contributed by atoms with E-state index < -0.39 is 13.7 Å². The van der Waals surface area contributed by atoms with E-state index in [0.717, 1.165) is 0 Å². The van der Waals surface area contributed by atoms with Gasteiger partial charge < -0.3 is 4.43 Å². The monoisotopic (exact) mass is 240 g/mol. The van der Waals surface area contributed by atoms with E-state index in [-0.39, 0.29) is 16.9 Å². The van der Waals surface area contributed by atoms with Crippen molar-refractivity contribution in [3.05, 3.63) is 12.2 Å². The van der Waals surface area contributed by atoms with Gasteiger partial charge in [0.1, 0.15) is 0 Å². The van der Waals surface area contributed by atoms with Crippen molar-refractivity contribution in [3.63, 3.8) is 0 Å². The first kappa shape index (κ1) is 13.7. The molecule has 3 heteroatoms. The molecule has 0 spiro atoms. The van der Waals surface area contributed by atoms with Crippen LogP contribution in [0.1, 0.15) is 34.6 Å². The van der Waals surface area contributed by atoms with Crippen molar-refractivity contribution in [1.82, 2.24) is 0 Å². The Morgan fingerprint density at radius 3 is 2.12 bits per heavy atom. The van der Waals surface area contributed by atoms with Crippen LogP contribution in [0.2, 0.25) is 18.1 Å². The van der Waals surface area contributed by atoms with Crippen molar-refractivity contribution in [3.8, 4) is 0 Å². The number of hydrogen-bond donors (Lipinski definition) is 0. The molecule has 0 saturated carbocycles. The molecule has 0 radical (unpaired) electrons. The zero-order valence-electron chi connectivity index (χ0n) is 11.5. The summed E-state index contributed by atoms with van der Waals surface area (Å²) in [7, 11) is -1.79. The first-order valence-electron chi connectivity index (χ1n) is 5.89. The van der Waals surface area contributed by atoms with Crippen molar-refractivity contribution in [2.75, 3.05) is 0 Å². The highest BCUT2D eigenvalue weighted by atomic mass is 28.4. The van der Waals surface area contributed by atoms with Crippen LogP contribution in [-0.2, 0) is 9.22 Å². The fraction of sp³-hybridized carbons (Fsp3) is 0.769. The predicted molar refractivity (Wildman–Crippen MR) is 70.0 cm³/mol. The summed E-state index contributed by atoms with van der Waals surface area (Å²) in [6.45, 7) is 15.0. The SMILES string of the molecule is CC1(C)C(=O)C=CC1O[Si](C)(C)C(C)(C)C. The Morgan fingerprint density at radius 1 is 1.31 bits per heavy atom. The second-order valence-corrected chi connectivity index (χ2v) is 11.5. The van der Waals surface area contributed by atoms with Crippen LogP contribution in [0.25, 0.3) is 0 Å². The molecule has 0 fully saturated rings. The summed E-state index contributed by atoms with van der Waals surface area (Å²) in [6.07, 6.45) is 3.53. The fourth-order valence-electron chi connectivity index (χ4n) is 1.45. The molecule has 0 N–H and O–H groups in total. The summed E-state index contributed by atoms with van der Waals surface area (Å²) in [5.74, 6) is 0.177. The number of carbonyl (C=O) groups excluding carboxylic acids is 1. The second-order valence-electron chi connectivity index (χ2n) is 6.74. The van der Waals surface area contributed by atoms with E-state index in [1.165, 1.54) is 0 Å². The lowest BCUT2D eigenvalue weighted by Gasteiger charge is -2.41. The van der Waals surface area contributed by atoms with Crippen LogP contribution in [0.15, 0.2) is 12.2 Å². The van der Waals surface area contributed by atoms with Crippen LogP contribution in [0.3, 0.4) is 0 Å². The molecule has 0 aromatic rings. The van der Waals surface area contributed by atoms with E-state index in [9.17, 15) is 4.79 Å². The number of ketones is 1. The molecule has 0 heterocycles. The smallest absolute Gasteiger partial charge is 0.192 e. The van der Waals surface area contributed by atoms with Gasteiger partial charge in [-0.05, 0) is 38.1 Å². The number of rotatable bonds is 2. The van der Waals surface area contributed by atoms with Crippen molar-refractivity contribution in [2.24, 2.45) is 5.41 Å². The summed E-state index contributed by atoms with van der Waals surface area (Å²) in [5.41, 5.74) is -0.393. The predicted octanol–water partition coefficient (Wildman–Crippen LogP) is 3.54. The maximum atomic E-state index is 11.7. The van der Waals surface area contributed by atoms with Gasteiger partial charge in [0.15, 0.2) is 14.1 Å². The van der Waals surface area contributed by atoms with Gasteiger partial charge in [-0.2, -0.15) is 0 Å². The van der Waals surface area contributed by atoms with E-state index in [1.807, 2.05) is 19.9 Å². The number of hydrogen-bond acceptors (Lipinski definition) is 2. The molecule has 0 aromatic carbocycles. The molecular formula is C13H24O2Si. The Morgan fingerprint density at radius 2 is 1.81 bits per heavy atom. The summed E-state index contributed by atoms with van der Waals surface area (Å²) in [6, 6.07) is 0. The average molecular weight is 240 g/mol. The van der Waals surface area contributed by atoms with Gasteiger partial charge in [-0.25, -0.2) is 0 Å². The van der Waals surface area contributed by atoms with Gasteiger partial charge in [0, 0.05) is 0 Å². The van der Waals surface area contributed by atoms with Crippen LogP contribution < -0.4 is 0 Å². The van der Waals surface area contributed by atoms with Crippen molar-refractivity contribution in [2.45, 2.75) is 58.9 Å². The van der Waals surface area contributed by atoms with Gasteiger partial charge in [-0.1, -0.05) is 26.8 Å². The fourth-order valence-corrected chi connectivity index (χ4v) is 2.81. The van der Waals surface area contributed by atoms with Crippen LogP contribution >= 0.6 is 0 Å². The minimum Gasteiger partial charge on any atom is -0.410 e. The third-order valence-corrected chi connectivity index (χ3v) is 8.45. The summed E-state index contributed by atoms with van der Waals surface area (Å²) < 4.78 is 6.28. The minimum absolute atomic E-state index is 0.0547. The zero-order valence-corrected chi connectivity index (χ0v) is 12.5. The third-order valence-electron chi connectivity index (χ3n) is 4.00. The highest BCUT2D eigenvalue weighted by Gasteiger charge is 2.45. The Kier molecular flexibility index (Phi) is 3.25. The summed E-state index contributed by atoms with van der Waals surface area (Å²) in [4.78, 5) is 11.7. The first-order valence-corrected chi connectivity index (χ1v) is 8.80. The molecule has 1 aliphatic carbocycles. The molecule has 0 saturated heterocycles. The van der Waals surface area contributed by atoms with Crippen LogP contribution in [0, 0.1) is 5.41 Å². The second kappa shape index (κ2) is 3.81. The van der Waals surface area contributed by atoms with Crippen LogP contribution in [0.5, 0.6) is 0 Å². The molecular weight excluding hydrogens is 216 g/mol. The highest BCUT2D eigenvalue weighted by Crippen LogP contribution is 2.41. The minimum atomic E-state index is -1.79. The lowest BCUT2D eigenvalue weighted by molar-refractivity contribution is -0.124. The molecule has 2 nitrogen and oxygen atoms in total. The first-order chi connectivity index (χ1) is 6.98. The van der Waals surface area contributed by atoms with Gasteiger partial charge in [-0.3, -0.25) is 4.79 Å².